The summed E-state index contributed by atoms with van der Waals surface area (Å²) in [6, 6.07) is 24.6. The van der Waals surface area contributed by atoms with Gasteiger partial charge in [-0.05, 0) is 35.2 Å². The van der Waals surface area contributed by atoms with E-state index in [2.05, 4.69) is 5.32 Å². The van der Waals surface area contributed by atoms with Gasteiger partial charge in [-0.1, -0.05) is 79.7 Å². The van der Waals surface area contributed by atoms with Crippen LogP contribution in [0.4, 0.5) is 0 Å². The Morgan fingerprint density at radius 3 is 2.10 bits per heavy atom. The largest absolute Gasteiger partial charge is 0.468 e. The summed E-state index contributed by atoms with van der Waals surface area (Å²) in [6.45, 7) is 1.69. The van der Waals surface area contributed by atoms with Crippen LogP contribution in [0.1, 0.15) is 18.9 Å². The van der Waals surface area contributed by atoms with Crippen molar-refractivity contribution in [2.24, 2.45) is 11.8 Å². The Morgan fingerprint density at radius 2 is 1.51 bits per heavy atom. The van der Waals surface area contributed by atoms with Gasteiger partial charge in [-0.25, -0.2) is 8.42 Å². The number of esters is 1. The molecule has 2 saturated heterocycles. The van der Waals surface area contributed by atoms with Crippen LogP contribution in [0.3, 0.4) is 0 Å². The summed E-state index contributed by atoms with van der Waals surface area (Å²) >= 11 is 0. The molecule has 0 aromatic heterocycles. The summed E-state index contributed by atoms with van der Waals surface area (Å²) in [5.41, 5.74) is 1.17. The SMILES string of the molecule is CC[C@@]1(C(=O)OC)N[C@H](CN(C)S(=O)(=O)c2ccc(-c3ccccc3)cc2)[C@@H]2C(=O)N(Cc3ccccc3)C(=O)[C@@H]21. The molecule has 2 fully saturated rings. The molecule has 0 unspecified atom stereocenters. The number of hydrogen-bond acceptors (Lipinski definition) is 7. The first-order valence-electron chi connectivity index (χ1n) is 13.5. The number of carbonyl (C=O) groups excluding carboxylic acids is 3. The van der Waals surface area contributed by atoms with Gasteiger partial charge in [0.2, 0.25) is 21.8 Å². The number of likely N-dealkylation sites (tertiary alicyclic amines) is 1. The Morgan fingerprint density at radius 1 is 0.927 bits per heavy atom. The van der Waals surface area contributed by atoms with Crippen molar-refractivity contribution in [2.75, 3.05) is 20.7 Å². The van der Waals surface area contributed by atoms with Crippen molar-refractivity contribution in [3.8, 4) is 11.1 Å². The molecule has 0 radical (unpaired) electrons. The van der Waals surface area contributed by atoms with Gasteiger partial charge in [0.05, 0.1) is 30.4 Å². The fourth-order valence-electron chi connectivity index (χ4n) is 6.11. The first-order valence-corrected chi connectivity index (χ1v) is 14.9. The Balaban J connectivity index is 1.43. The molecule has 2 amide bonds. The number of benzene rings is 3. The topological polar surface area (TPSA) is 113 Å². The van der Waals surface area contributed by atoms with Crippen LogP contribution in [0.2, 0.25) is 0 Å². The molecule has 4 atom stereocenters. The number of likely N-dealkylation sites (N-methyl/N-ethyl adjacent to an activating group) is 1. The second kappa shape index (κ2) is 11.2. The number of nitrogens with one attached hydrogen (secondary N) is 1. The monoisotopic (exact) mass is 575 g/mol. The number of hydrogen-bond donors (Lipinski definition) is 1. The van der Waals surface area contributed by atoms with E-state index in [4.69, 9.17) is 4.74 Å². The minimum atomic E-state index is -3.95. The number of rotatable bonds is 9. The Bertz CT molecular complexity index is 1550. The smallest absolute Gasteiger partial charge is 0.326 e. The first kappa shape index (κ1) is 28.7. The Kier molecular flexibility index (Phi) is 7.83. The number of imide groups is 1. The predicted octanol–water partition coefficient (Wildman–Crippen LogP) is 3.07. The lowest BCUT2D eigenvalue weighted by Gasteiger charge is -2.32. The summed E-state index contributed by atoms with van der Waals surface area (Å²) in [7, 11) is -1.28. The molecule has 3 aromatic rings. The third-order valence-corrected chi connectivity index (χ3v) is 10.1. The molecule has 0 bridgehead atoms. The average molecular weight is 576 g/mol. The molecule has 2 heterocycles. The molecular formula is C31H33N3O6S. The van der Waals surface area contributed by atoms with Gasteiger partial charge in [0.25, 0.3) is 0 Å². The minimum absolute atomic E-state index is 0.0705. The summed E-state index contributed by atoms with van der Waals surface area (Å²) in [6.07, 6.45) is 0.187. The standard InChI is InChI=1S/C31H33N3O6S/c1-4-31(30(37)40-3)27-26(28(35)34(29(27)36)19-21-11-7-5-8-12-21)25(32-31)20-33(2)41(38,39)24-17-15-23(16-18-24)22-13-9-6-10-14-22/h5-18,25-27,32H,4,19-20H2,1-3H3/t25-,26+,27-,31-/m1/s1. The lowest BCUT2D eigenvalue weighted by Crippen LogP contribution is -2.58. The van der Waals surface area contributed by atoms with Gasteiger partial charge in [-0.15, -0.1) is 0 Å². The van der Waals surface area contributed by atoms with Gasteiger partial charge in [0.15, 0.2) is 0 Å². The third-order valence-electron chi connectivity index (χ3n) is 8.26. The zero-order valence-electron chi connectivity index (χ0n) is 23.2. The van der Waals surface area contributed by atoms with Crippen molar-refractivity contribution in [1.82, 2.24) is 14.5 Å². The van der Waals surface area contributed by atoms with E-state index < -0.39 is 51.2 Å². The molecule has 0 aliphatic carbocycles. The molecule has 3 aromatic carbocycles. The highest BCUT2D eigenvalue weighted by Crippen LogP contribution is 2.46. The van der Waals surface area contributed by atoms with E-state index in [0.717, 1.165) is 16.7 Å². The van der Waals surface area contributed by atoms with Crippen LogP contribution in [-0.4, -0.2) is 67.7 Å². The van der Waals surface area contributed by atoms with Gasteiger partial charge >= 0.3 is 5.97 Å². The van der Waals surface area contributed by atoms with E-state index in [-0.39, 0.29) is 24.4 Å². The van der Waals surface area contributed by atoms with Crippen molar-refractivity contribution < 1.29 is 27.5 Å². The van der Waals surface area contributed by atoms with Crippen molar-refractivity contribution in [2.45, 2.75) is 36.4 Å². The number of amides is 2. The van der Waals surface area contributed by atoms with Gasteiger partial charge < -0.3 is 4.74 Å². The summed E-state index contributed by atoms with van der Waals surface area (Å²) in [5.74, 6) is -3.49. The van der Waals surface area contributed by atoms with Gasteiger partial charge in [-0.2, -0.15) is 4.31 Å². The normalized spacial score (nSPS) is 24.1. The predicted molar refractivity (Wildman–Crippen MR) is 153 cm³/mol. The number of sulfonamides is 1. The number of nitrogens with zero attached hydrogens (tertiary/aromatic N) is 2. The molecule has 2 aliphatic rings. The average Bonchev–Trinajstić information content (AvgIpc) is 3.46. The maximum absolute atomic E-state index is 13.7. The fraction of sp³-hybridized carbons (Fsp3) is 0.323. The summed E-state index contributed by atoms with van der Waals surface area (Å²) in [4.78, 5) is 41.9. The van der Waals surface area contributed by atoms with E-state index in [1.807, 2.05) is 60.7 Å². The fourth-order valence-corrected chi connectivity index (χ4v) is 7.30. The Labute approximate surface area is 240 Å². The quantitative estimate of drug-likeness (QED) is 0.308. The van der Waals surface area contributed by atoms with Crippen molar-refractivity contribution in [3.05, 3.63) is 90.5 Å². The molecule has 10 heteroatoms. The molecule has 0 saturated carbocycles. The highest BCUT2D eigenvalue weighted by molar-refractivity contribution is 7.89. The molecule has 9 nitrogen and oxygen atoms in total. The van der Waals surface area contributed by atoms with Crippen molar-refractivity contribution >= 4 is 27.8 Å². The summed E-state index contributed by atoms with van der Waals surface area (Å²) < 4.78 is 33.4. The maximum Gasteiger partial charge on any atom is 0.326 e. The van der Waals surface area contributed by atoms with Crippen LogP contribution in [0.25, 0.3) is 11.1 Å². The van der Waals surface area contributed by atoms with Crippen LogP contribution >= 0.6 is 0 Å². The van der Waals surface area contributed by atoms with Crippen LogP contribution in [0, 0.1) is 11.8 Å². The Hall–Kier alpha value is -3.86. The first-order chi connectivity index (χ1) is 19.6. The second-order valence-electron chi connectivity index (χ2n) is 10.5. The van der Waals surface area contributed by atoms with Gasteiger partial charge in [-0.3, -0.25) is 24.6 Å². The van der Waals surface area contributed by atoms with Gasteiger partial charge in [0.1, 0.15) is 5.54 Å². The minimum Gasteiger partial charge on any atom is -0.468 e. The van der Waals surface area contributed by atoms with E-state index >= 15 is 0 Å². The zero-order valence-corrected chi connectivity index (χ0v) is 24.0. The molecule has 5 rings (SSSR count). The molecule has 1 N–H and O–H groups in total. The third kappa shape index (κ3) is 4.96. The van der Waals surface area contributed by atoms with E-state index in [1.165, 1.54) is 23.4 Å². The zero-order chi connectivity index (χ0) is 29.4. The lowest BCUT2D eigenvalue weighted by atomic mass is 9.78. The summed E-state index contributed by atoms with van der Waals surface area (Å²) in [5, 5.41) is 3.19. The number of ether oxygens (including phenoxy) is 1. The lowest BCUT2D eigenvalue weighted by molar-refractivity contribution is -0.154. The molecule has 0 spiro atoms. The van der Waals surface area contributed by atoms with Crippen molar-refractivity contribution in [3.63, 3.8) is 0 Å². The highest BCUT2D eigenvalue weighted by atomic mass is 32.2. The van der Waals surface area contributed by atoms with Crippen LogP contribution in [-0.2, 0) is 35.7 Å². The van der Waals surface area contributed by atoms with Gasteiger partial charge in [0, 0.05) is 19.6 Å². The van der Waals surface area contributed by atoms with E-state index in [1.54, 1.807) is 31.2 Å². The molecule has 41 heavy (non-hydrogen) atoms. The van der Waals surface area contributed by atoms with Crippen LogP contribution in [0.15, 0.2) is 89.8 Å². The van der Waals surface area contributed by atoms with Crippen LogP contribution < -0.4 is 5.32 Å². The van der Waals surface area contributed by atoms with E-state index in [0.29, 0.717) is 0 Å². The number of fused-ring (bicyclic) bond motifs is 1. The number of methoxy groups -OCH3 is 1. The molecular weight excluding hydrogens is 542 g/mol. The van der Waals surface area contributed by atoms with Crippen molar-refractivity contribution in [1.29, 1.82) is 0 Å². The molecule has 2 aliphatic heterocycles. The number of carbonyl (C=O) groups is 3. The van der Waals surface area contributed by atoms with Crippen LogP contribution in [0.5, 0.6) is 0 Å². The van der Waals surface area contributed by atoms with E-state index in [9.17, 15) is 22.8 Å². The molecule has 214 valence electrons. The second-order valence-corrected chi connectivity index (χ2v) is 12.5. The maximum atomic E-state index is 13.7. The highest BCUT2D eigenvalue weighted by Gasteiger charge is 2.68.